The first-order chi connectivity index (χ1) is 23.8. The van der Waals surface area contributed by atoms with Gasteiger partial charge in [-0.25, -0.2) is 9.97 Å². The molecule has 0 atom stereocenters. The first-order valence-corrected chi connectivity index (χ1v) is 15.5. The van der Waals surface area contributed by atoms with Gasteiger partial charge in [0.15, 0.2) is 0 Å². The molecule has 0 amide bonds. The van der Waals surface area contributed by atoms with Gasteiger partial charge in [0.05, 0.1) is 22.8 Å². The molecule has 8 bridgehead atoms. The van der Waals surface area contributed by atoms with Crippen LogP contribution in [0.4, 0.5) is 0 Å². The van der Waals surface area contributed by atoms with Gasteiger partial charge >= 0.3 is 19.5 Å². The molecule has 5 heteroatoms. The van der Waals surface area contributed by atoms with Crippen LogP contribution >= 0.6 is 0 Å². The molecule has 0 saturated carbocycles. The summed E-state index contributed by atoms with van der Waals surface area (Å²) in [7, 11) is 0. The van der Waals surface area contributed by atoms with E-state index in [0.717, 1.165) is 44.8 Å². The van der Waals surface area contributed by atoms with Crippen molar-refractivity contribution >= 4 is 46.4 Å². The SMILES string of the molecule is C1=Cc2cc3ccc(cc4ccc(cc5nc(cc1n2)C=C5)[nH]4)[nH]3.[Ru+4].[c-]1ccccc1.[c-]1ccccc1.[c-]1ccccc1.[c-]1ccccc1. The van der Waals surface area contributed by atoms with Crippen molar-refractivity contribution in [2.45, 2.75) is 0 Å². The summed E-state index contributed by atoms with van der Waals surface area (Å²) in [6.45, 7) is 0. The van der Waals surface area contributed by atoms with Crippen molar-refractivity contribution in [1.29, 1.82) is 0 Å². The van der Waals surface area contributed by atoms with Gasteiger partial charge in [-0.3, -0.25) is 0 Å². The van der Waals surface area contributed by atoms with Crippen LogP contribution in [0, 0.1) is 24.3 Å². The molecule has 2 aliphatic rings. The Balaban J connectivity index is 0.000000175. The number of rotatable bonds is 0. The van der Waals surface area contributed by atoms with E-state index in [0.29, 0.717) is 0 Å². The summed E-state index contributed by atoms with van der Waals surface area (Å²) >= 11 is 0. The topological polar surface area (TPSA) is 57.4 Å². The summed E-state index contributed by atoms with van der Waals surface area (Å²) in [4.78, 5) is 16.0. The van der Waals surface area contributed by atoms with Gasteiger partial charge in [0.2, 0.25) is 0 Å². The number of nitrogens with one attached hydrogen (secondary N) is 2. The zero-order valence-electron chi connectivity index (χ0n) is 26.7. The van der Waals surface area contributed by atoms with E-state index in [1.807, 2.05) is 164 Å². The summed E-state index contributed by atoms with van der Waals surface area (Å²) in [5.41, 5.74) is 7.86. The number of H-pyrrole nitrogens is 2. The van der Waals surface area contributed by atoms with Crippen molar-refractivity contribution in [3.63, 3.8) is 0 Å². The van der Waals surface area contributed by atoms with Crippen LogP contribution in [0.3, 0.4) is 0 Å². The number of nitrogens with zero attached hydrogens (tertiary/aromatic N) is 2. The third-order valence-electron chi connectivity index (χ3n) is 6.47. The number of fused-ring (bicyclic) bond motifs is 8. The van der Waals surface area contributed by atoms with Crippen molar-refractivity contribution in [1.82, 2.24) is 19.9 Å². The predicted octanol–water partition coefficient (Wildman–Crippen LogP) is 10.6. The summed E-state index contributed by atoms with van der Waals surface area (Å²) in [6, 6.07) is 66.4. The Bertz CT molecular complexity index is 1800. The average molecular weight is 720 g/mol. The fraction of sp³-hybridized carbons (Fsp3) is 0. The second-order valence-corrected chi connectivity index (χ2v) is 10.2. The van der Waals surface area contributed by atoms with Crippen LogP contribution in [0.15, 0.2) is 170 Å². The zero-order valence-corrected chi connectivity index (χ0v) is 28.5. The minimum absolute atomic E-state index is 0. The molecule has 0 fully saturated rings. The third kappa shape index (κ3) is 13.8. The summed E-state index contributed by atoms with van der Waals surface area (Å²) in [5.74, 6) is 0. The average Bonchev–Trinajstić information content (AvgIpc) is 4.00. The predicted molar refractivity (Wildman–Crippen MR) is 200 cm³/mol. The molecule has 4 nitrogen and oxygen atoms in total. The monoisotopic (exact) mass is 720 g/mol. The van der Waals surface area contributed by atoms with Crippen LogP contribution in [0.1, 0.15) is 22.8 Å². The quantitative estimate of drug-likeness (QED) is 0.121. The van der Waals surface area contributed by atoms with Crippen molar-refractivity contribution in [2.75, 3.05) is 0 Å². The van der Waals surface area contributed by atoms with Crippen molar-refractivity contribution in [2.24, 2.45) is 0 Å². The molecule has 9 rings (SSSR count). The first-order valence-electron chi connectivity index (χ1n) is 15.5. The summed E-state index contributed by atoms with van der Waals surface area (Å²) < 4.78 is 0. The number of hydrogen-bond acceptors (Lipinski definition) is 2. The molecule has 0 saturated heterocycles. The molecule has 49 heavy (non-hydrogen) atoms. The zero-order chi connectivity index (χ0) is 32.9. The standard InChI is InChI=1S/C20H14N4.4C6H5.Ru/c1-2-14-10-16-5-6-18(23-16)12-20-8-7-19(24-20)11-17-4-3-15(22-17)9-13(1)21-14;4*1-2-4-6-5-3-1;/h1-12,21-22H;4*1-5H;/q;4*-1;+4. The first kappa shape index (κ1) is 35.9. The maximum absolute atomic E-state index is 4.62. The number of hydrogen-bond donors (Lipinski definition) is 2. The smallest absolute Gasteiger partial charge is 0.355 e. The summed E-state index contributed by atoms with van der Waals surface area (Å²) in [6.07, 6.45) is 8.05. The van der Waals surface area contributed by atoms with Crippen LogP contribution in [0.5, 0.6) is 0 Å². The van der Waals surface area contributed by atoms with Gasteiger partial charge in [-0.15, -0.1) is 0 Å². The fourth-order valence-electron chi connectivity index (χ4n) is 4.31. The van der Waals surface area contributed by atoms with Crippen LogP contribution in [-0.4, -0.2) is 19.9 Å². The molecule has 0 spiro atoms. The number of benzene rings is 4. The Morgan fingerprint density at radius 2 is 0.592 bits per heavy atom. The van der Waals surface area contributed by atoms with Crippen molar-refractivity contribution in [3.8, 4) is 0 Å². The van der Waals surface area contributed by atoms with Crippen LogP contribution in [-0.2, 0) is 19.5 Å². The molecule has 7 aromatic rings. The molecule has 2 N–H and O–H groups in total. The maximum Gasteiger partial charge on any atom is 4.00 e. The van der Waals surface area contributed by atoms with Gasteiger partial charge in [-0.2, -0.15) is 146 Å². The Morgan fingerprint density at radius 1 is 0.327 bits per heavy atom. The molecule has 5 heterocycles. The minimum Gasteiger partial charge on any atom is -0.355 e. The van der Waals surface area contributed by atoms with E-state index < -0.39 is 0 Å². The number of aromatic nitrogens is 4. The second-order valence-electron chi connectivity index (χ2n) is 10.2. The number of aromatic amines is 2. The van der Waals surface area contributed by atoms with Crippen molar-refractivity contribution in [3.05, 3.63) is 217 Å². The molecule has 0 radical (unpaired) electrons. The van der Waals surface area contributed by atoms with Crippen LogP contribution in [0.2, 0.25) is 0 Å². The van der Waals surface area contributed by atoms with E-state index in [-0.39, 0.29) is 19.5 Å². The van der Waals surface area contributed by atoms with E-state index in [2.05, 4.69) is 74.5 Å². The molecule has 0 unspecified atom stereocenters. The van der Waals surface area contributed by atoms with Gasteiger partial charge in [0, 0.05) is 22.1 Å². The molecular formula is C44H34N4Ru. The second kappa shape index (κ2) is 21.1. The third-order valence-corrected chi connectivity index (χ3v) is 6.47. The largest absolute Gasteiger partial charge is 4.00 e. The molecule has 2 aliphatic heterocycles. The van der Waals surface area contributed by atoms with Gasteiger partial charge in [-0.05, 0) is 72.8 Å². The van der Waals surface area contributed by atoms with Crippen LogP contribution < -0.4 is 0 Å². The molecule has 0 aliphatic carbocycles. The van der Waals surface area contributed by atoms with Crippen LogP contribution in [0.25, 0.3) is 46.4 Å². The van der Waals surface area contributed by atoms with E-state index in [4.69, 9.17) is 0 Å². The molecular weight excluding hydrogens is 686 g/mol. The molecule has 3 aromatic heterocycles. The fourth-order valence-corrected chi connectivity index (χ4v) is 4.31. The normalized spacial score (nSPS) is 10.1. The Morgan fingerprint density at radius 3 is 0.837 bits per heavy atom. The Labute approximate surface area is 301 Å². The van der Waals surface area contributed by atoms with E-state index >= 15 is 0 Å². The van der Waals surface area contributed by atoms with Gasteiger partial charge in [0.1, 0.15) is 0 Å². The Hall–Kier alpha value is -5.90. The summed E-state index contributed by atoms with van der Waals surface area (Å²) in [5, 5.41) is 0. The van der Waals surface area contributed by atoms with E-state index in [1.54, 1.807) is 0 Å². The molecule has 238 valence electrons. The van der Waals surface area contributed by atoms with Crippen molar-refractivity contribution < 1.29 is 19.5 Å². The van der Waals surface area contributed by atoms with Gasteiger partial charge in [0.25, 0.3) is 0 Å². The van der Waals surface area contributed by atoms with E-state index in [9.17, 15) is 0 Å². The minimum atomic E-state index is 0. The maximum atomic E-state index is 4.62. The van der Waals surface area contributed by atoms with E-state index in [1.165, 1.54) is 0 Å². The Kier molecular flexibility index (Phi) is 15.5. The van der Waals surface area contributed by atoms with Gasteiger partial charge < -0.3 is 9.97 Å². The van der Waals surface area contributed by atoms with Gasteiger partial charge in [-0.1, -0.05) is 0 Å². The molecule has 4 aromatic carbocycles.